The minimum absolute atomic E-state index is 0.141. The Hall–Kier alpha value is -3.25. The number of carbonyl (C=O) groups is 1. The van der Waals surface area contributed by atoms with Crippen LogP contribution in [-0.4, -0.2) is 38.9 Å². The van der Waals surface area contributed by atoms with E-state index in [0.717, 1.165) is 45.4 Å². The lowest BCUT2D eigenvalue weighted by atomic mass is 9.99. The summed E-state index contributed by atoms with van der Waals surface area (Å²) in [5.41, 5.74) is 4.37. The fraction of sp³-hybridized carbons (Fsp3) is 0.370. The zero-order chi connectivity index (χ0) is 23.8. The van der Waals surface area contributed by atoms with Gasteiger partial charge in [0.25, 0.3) is 0 Å². The van der Waals surface area contributed by atoms with Crippen LogP contribution in [0.25, 0.3) is 27.7 Å². The van der Waals surface area contributed by atoms with E-state index >= 15 is 0 Å². The van der Waals surface area contributed by atoms with Crippen LogP contribution in [0.2, 0.25) is 0 Å². The molecule has 0 saturated carbocycles. The molecule has 0 aliphatic carbocycles. The van der Waals surface area contributed by atoms with E-state index in [2.05, 4.69) is 5.32 Å². The minimum Gasteiger partial charge on any atom is -0.496 e. The second-order valence-electron chi connectivity index (χ2n) is 8.05. The first-order valence-corrected chi connectivity index (χ1v) is 11.3. The molecular formula is C27H33NO5. The highest BCUT2D eigenvalue weighted by Crippen LogP contribution is 2.37. The lowest BCUT2D eigenvalue weighted by Gasteiger charge is -2.11. The Morgan fingerprint density at radius 2 is 1.94 bits per heavy atom. The number of rotatable bonds is 11. The van der Waals surface area contributed by atoms with Crippen LogP contribution in [0.5, 0.6) is 11.5 Å². The third-order valence-electron chi connectivity index (χ3n) is 5.22. The average molecular weight is 452 g/mol. The van der Waals surface area contributed by atoms with Crippen molar-refractivity contribution in [1.82, 2.24) is 5.32 Å². The van der Waals surface area contributed by atoms with Gasteiger partial charge in [0.1, 0.15) is 17.1 Å². The number of methoxy groups -OCH3 is 1. The Balaban J connectivity index is 1.82. The summed E-state index contributed by atoms with van der Waals surface area (Å²) in [5, 5.41) is 3.87. The fourth-order valence-electron chi connectivity index (χ4n) is 3.58. The van der Waals surface area contributed by atoms with E-state index < -0.39 is 0 Å². The van der Waals surface area contributed by atoms with Crippen molar-refractivity contribution in [3.8, 4) is 22.6 Å². The van der Waals surface area contributed by atoms with E-state index in [1.54, 1.807) is 19.4 Å². The molecule has 0 saturated heterocycles. The van der Waals surface area contributed by atoms with Crippen molar-refractivity contribution >= 4 is 22.4 Å². The van der Waals surface area contributed by atoms with Gasteiger partial charge in [-0.05, 0) is 63.5 Å². The van der Waals surface area contributed by atoms with Crippen LogP contribution >= 0.6 is 0 Å². The molecule has 3 rings (SSSR count). The molecule has 0 radical (unpaired) electrons. The molecule has 0 unspecified atom stereocenters. The van der Waals surface area contributed by atoms with Gasteiger partial charge >= 0.3 is 0 Å². The van der Waals surface area contributed by atoms with Crippen LogP contribution in [0.15, 0.2) is 53.2 Å². The van der Waals surface area contributed by atoms with E-state index in [1.807, 2.05) is 64.1 Å². The Kier molecular flexibility index (Phi) is 8.55. The number of allylic oxidation sites excluding steroid dienone is 1. The Bertz CT molecular complexity index is 1100. The molecule has 1 N–H and O–H groups in total. The predicted octanol–water partition coefficient (Wildman–Crippen LogP) is 5.84. The summed E-state index contributed by atoms with van der Waals surface area (Å²) < 4.78 is 22.4. The van der Waals surface area contributed by atoms with Gasteiger partial charge in [0.15, 0.2) is 0 Å². The van der Waals surface area contributed by atoms with Crippen LogP contribution in [0.1, 0.15) is 39.7 Å². The van der Waals surface area contributed by atoms with Crippen molar-refractivity contribution < 1.29 is 23.4 Å². The quantitative estimate of drug-likeness (QED) is 0.293. The van der Waals surface area contributed by atoms with E-state index in [4.69, 9.17) is 18.6 Å². The van der Waals surface area contributed by atoms with Crippen LogP contribution in [0.4, 0.5) is 0 Å². The van der Waals surface area contributed by atoms with Gasteiger partial charge in [0.05, 0.1) is 26.1 Å². The normalized spacial score (nSPS) is 11.8. The van der Waals surface area contributed by atoms with Crippen molar-refractivity contribution in [1.29, 1.82) is 0 Å². The summed E-state index contributed by atoms with van der Waals surface area (Å²) in [6, 6.07) is 11.8. The monoisotopic (exact) mass is 451 g/mol. The summed E-state index contributed by atoms with van der Waals surface area (Å²) in [4.78, 5) is 12.4. The largest absolute Gasteiger partial charge is 0.496 e. The first-order valence-electron chi connectivity index (χ1n) is 11.3. The molecule has 33 heavy (non-hydrogen) atoms. The van der Waals surface area contributed by atoms with Gasteiger partial charge in [-0.3, -0.25) is 4.79 Å². The molecule has 1 heterocycles. The molecule has 0 bridgehead atoms. The molecule has 0 fully saturated rings. The summed E-state index contributed by atoms with van der Waals surface area (Å²) in [6.07, 6.45) is 4.31. The molecule has 6 nitrogen and oxygen atoms in total. The molecule has 176 valence electrons. The number of hydrogen-bond donors (Lipinski definition) is 1. The van der Waals surface area contributed by atoms with Gasteiger partial charge in [-0.15, -0.1) is 0 Å². The van der Waals surface area contributed by atoms with E-state index in [1.165, 1.54) is 0 Å². The Morgan fingerprint density at radius 1 is 1.18 bits per heavy atom. The zero-order valence-corrected chi connectivity index (χ0v) is 20.1. The van der Waals surface area contributed by atoms with Crippen molar-refractivity contribution in [3.05, 3.63) is 54.3 Å². The second-order valence-corrected chi connectivity index (χ2v) is 8.05. The van der Waals surface area contributed by atoms with Crippen LogP contribution in [0.3, 0.4) is 0 Å². The molecule has 1 aromatic heterocycles. The third-order valence-corrected chi connectivity index (χ3v) is 5.22. The van der Waals surface area contributed by atoms with Crippen molar-refractivity contribution in [2.75, 3.05) is 26.9 Å². The van der Waals surface area contributed by atoms with E-state index in [0.29, 0.717) is 25.5 Å². The number of hydrogen-bond acceptors (Lipinski definition) is 5. The number of amides is 1. The average Bonchev–Trinajstić information content (AvgIpc) is 3.21. The van der Waals surface area contributed by atoms with Crippen LogP contribution in [-0.2, 0) is 9.53 Å². The Labute approximate surface area is 195 Å². The minimum atomic E-state index is -0.141. The Morgan fingerprint density at radius 3 is 2.61 bits per heavy atom. The van der Waals surface area contributed by atoms with Crippen LogP contribution in [0, 0.1) is 0 Å². The number of furan rings is 1. The lowest BCUT2D eigenvalue weighted by Crippen LogP contribution is -2.23. The number of carbonyl (C=O) groups excluding carboxylic acids is 1. The number of nitrogens with one attached hydrogen (secondary N) is 1. The fourth-order valence-corrected chi connectivity index (χ4v) is 3.58. The van der Waals surface area contributed by atoms with Crippen molar-refractivity contribution in [2.24, 2.45) is 0 Å². The van der Waals surface area contributed by atoms with Gasteiger partial charge in [0, 0.05) is 41.8 Å². The molecule has 0 aliphatic rings. The summed E-state index contributed by atoms with van der Waals surface area (Å²) in [6.45, 7) is 9.68. The molecule has 0 atom stereocenters. The number of ether oxygens (including phenoxy) is 3. The molecule has 0 aliphatic heterocycles. The summed E-state index contributed by atoms with van der Waals surface area (Å²) in [5.74, 6) is 1.34. The number of benzene rings is 2. The maximum absolute atomic E-state index is 12.4. The second kappa shape index (κ2) is 11.6. The van der Waals surface area contributed by atoms with Gasteiger partial charge in [-0.25, -0.2) is 0 Å². The van der Waals surface area contributed by atoms with Gasteiger partial charge in [-0.2, -0.15) is 0 Å². The van der Waals surface area contributed by atoms with Gasteiger partial charge < -0.3 is 23.9 Å². The molecule has 2 aromatic carbocycles. The lowest BCUT2D eigenvalue weighted by molar-refractivity contribution is -0.116. The van der Waals surface area contributed by atoms with Crippen molar-refractivity contribution in [2.45, 2.75) is 40.2 Å². The highest BCUT2D eigenvalue weighted by molar-refractivity contribution is 6.00. The smallest absolute Gasteiger partial charge is 0.244 e. The summed E-state index contributed by atoms with van der Waals surface area (Å²) >= 11 is 0. The molecule has 6 heteroatoms. The maximum atomic E-state index is 12.4. The SMILES string of the molecule is CCOc1ccc(-c2coc3cc(OC)c(/C(C)=C/C(=O)NCCCOC(C)C)cc23)cc1. The number of fused-ring (bicyclic) bond motifs is 1. The molecule has 1 amide bonds. The van der Waals surface area contributed by atoms with Gasteiger partial charge in [0.2, 0.25) is 5.91 Å². The molecule has 3 aromatic rings. The molecular weight excluding hydrogens is 418 g/mol. The standard InChI is InChI=1S/C27H33NO5/c1-6-31-21-10-8-20(9-11-21)24-17-33-26-16-25(30-5)22(15-23(24)26)19(4)14-27(29)28-12-7-13-32-18(2)3/h8-11,14-18H,6-7,12-13H2,1-5H3,(H,28,29)/b19-14+. The molecule has 0 spiro atoms. The third kappa shape index (κ3) is 6.39. The van der Waals surface area contributed by atoms with E-state index in [-0.39, 0.29) is 12.0 Å². The highest BCUT2D eigenvalue weighted by Gasteiger charge is 2.15. The van der Waals surface area contributed by atoms with Gasteiger partial charge in [-0.1, -0.05) is 12.1 Å². The zero-order valence-electron chi connectivity index (χ0n) is 20.1. The van der Waals surface area contributed by atoms with Crippen molar-refractivity contribution in [3.63, 3.8) is 0 Å². The maximum Gasteiger partial charge on any atom is 0.244 e. The van der Waals surface area contributed by atoms with Crippen LogP contribution < -0.4 is 14.8 Å². The highest BCUT2D eigenvalue weighted by atomic mass is 16.5. The van der Waals surface area contributed by atoms with E-state index in [9.17, 15) is 4.79 Å². The summed E-state index contributed by atoms with van der Waals surface area (Å²) in [7, 11) is 1.61. The predicted molar refractivity (Wildman–Crippen MR) is 132 cm³/mol. The topological polar surface area (TPSA) is 69.9 Å². The first kappa shape index (κ1) is 24.4. The first-order chi connectivity index (χ1) is 15.9.